The van der Waals surface area contributed by atoms with E-state index < -0.39 is 17.1 Å². The van der Waals surface area contributed by atoms with Crippen LogP contribution in [0.15, 0.2) is 35.9 Å². The van der Waals surface area contributed by atoms with Crippen LogP contribution in [0.25, 0.3) is 0 Å². The molecule has 5 aliphatic rings. The standard InChI is InChI=1S/C41H59NO8/c1-38-18-15-32(49-26-31(44)8-6-4-5-7-9-36(46)42-21-17-27-10-12-30(43)13-11-27)23-29(38)14-19-39(2)34(38)24-35(45)40(3)33(16-20-41(39,40)48)28-22-37(47)50-25-28/h10-13,22,29,32-35,43,45,48H,4-9,14-21,23-26H2,1-3H3,(H,42,46)/t29-,32+,33-,34-,35-,38+,39-,40+,41+/m1/s1. The highest BCUT2D eigenvalue weighted by Crippen LogP contribution is 2.74. The number of aliphatic hydroxyl groups excluding tert-OH is 1. The highest BCUT2D eigenvalue weighted by Gasteiger charge is 2.75. The largest absolute Gasteiger partial charge is 0.508 e. The highest BCUT2D eigenvalue weighted by atomic mass is 16.5. The topological polar surface area (TPSA) is 142 Å². The van der Waals surface area contributed by atoms with Crippen molar-refractivity contribution in [3.8, 4) is 5.75 Å². The number of benzene rings is 1. The molecule has 1 aromatic rings. The minimum absolute atomic E-state index is 0.0254. The quantitative estimate of drug-likeness (QED) is 0.138. The van der Waals surface area contributed by atoms with Crippen molar-refractivity contribution in [1.29, 1.82) is 0 Å². The van der Waals surface area contributed by atoms with Gasteiger partial charge in [0, 0.05) is 36.3 Å². The van der Waals surface area contributed by atoms with Crippen molar-refractivity contribution in [2.45, 2.75) is 135 Å². The van der Waals surface area contributed by atoms with Crippen LogP contribution in [0, 0.1) is 34.0 Å². The molecule has 4 aliphatic carbocycles. The van der Waals surface area contributed by atoms with Crippen LogP contribution in [0.4, 0.5) is 0 Å². The lowest BCUT2D eigenvalue weighted by atomic mass is 9.37. The molecule has 1 aromatic carbocycles. The van der Waals surface area contributed by atoms with Crippen molar-refractivity contribution in [1.82, 2.24) is 5.32 Å². The van der Waals surface area contributed by atoms with Crippen LogP contribution in [0.1, 0.15) is 116 Å². The minimum atomic E-state index is -1.03. The van der Waals surface area contributed by atoms with Crippen LogP contribution in [-0.4, -0.2) is 70.5 Å². The van der Waals surface area contributed by atoms with Gasteiger partial charge in [0.1, 0.15) is 19.0 Å². The van der Waals surface area contributed by atoms with E-state index in [0.29, 0.717) is 38.1 Å². The van der Waals surface area contributed by atoms with E-state index >= 15 is 0 Å². The number of unbranched alkanes of at least 4 members (excludes halogenated alkanes) is 3. The molecule has 4 fully saturated rings. The number of carbonyl (C=O) groups excluding carboxylic acids is 3. The zero-order chi connectivity index (χ0) is 35.7. The Balaban J connectivity index is 0.912. The average molecular weight is 694 g/mol. The number of Topliss-reactive ketones (excluding diaryl/α,β-unsaturated/α-hetero) is 1. The number of hydrogen-bond acceptors (Lipinski definition) is 8. The normalized spacial score (nSPS) is 37.7. The summed E-state index contributed by atoms with van der Waals surface area (Å²) >= 11 is 0. The number of phenols is 1. The van der Waals surface area contributed by atoms with Crippen LogP contribution >= 0.6 is 0 Å². The van der Waals surface area contributed by atoms with Gasteiger partial charge in [-0.1, -0.05) is 45.7 Å². The van der Waals surface area contributed by atoms with Crippen molar-refractivity contribution >= 4 is 17.7 Å². The molecule has 9 atom stereocenters. The summed E-state index contributed by atoms with van der Waals surface area (Å²) in [5.74, 6) is 0.624. The van der Waals surface area contributed by atoms with Gasteiger partial charge in [0.05, 0.1) is 17.8 Å². The van der Waals surface area contributed by atoms with Gasteiger partial charge in [0.15, 0.2) is 5.78 Å². The summed E-state index contributed by atoms with van der Waals surface area (Å²) in [4.78, 5) is 36.8. The number of cyclic esters (lactones) is 1. The summed E-state index contributed by atoms with van der Waals surface area (Å²) in [7, 11) is 0. The molecule has 0 unspecified atom stereocenters. The fourth-order valence-corrected chi connectivity index (χ4v) is 11.4. The second-order valence-electron chi connectivity index (χ2n) is 17.0. The number of nitrogens with one attached hydrogen (secondary N) is 1. The highest BCUT2D eigenvalue weighted by molar-refractivity contribution is 5.85. The first-order valence-corrected chi connectivity index (χ1v) is 19.3. The molecule has 4 saturated carbocycles. The van der Waals surface area contributed by atoms with Gasteiger partial charge < -0.3 is 30.1 Å². The predicted molar refractivity (Wildman–Crippen MR) is 189 cm³/mol. The van der Waals surface area contributed by atoms with Crippen molar-refractivity contribution in [3.05, 3.63) is 41.5 Å². The maximum atomic E-state index is 12.7. The molecule has 0 radical (unpaired) electrons. The van der Waals surface area contributed by atoms with Gasteiger partial charge >= 0.3 is 5.97 Å². The van der Waals surface area contributed by atoms with Gasteiger partial charge in [-0.05, 0) is 117 Å². The SMILES string of the molecule is C[C@]12CC[C@H](OCC(=O)CCCCCCC(=O)NCCc3ccc(O)cc3)C[C@H]1CC[C@]1(C)[C@@H]2C[C@@H](O)[C@]2(C)[C@@H](C3=CC(=O)OC3)CC[C@@]21O. The zero-order valence-electron chi connectivity index (χ0n) is 30.4. The number of carbonyl (C=O) groups is 3. The Kier molecular flexibility index (Phi) is 10.9. The van der Waals surface area contributed by atoms with Gasteiger partial charge in [0.25, 0.3) is 0 Å². The lowest BCUT2D eigenvalue weighted by Crippen LogP contribution is -2.71. The first-order valence-electron chi connectivity index (χ1n) is 19.3. The Morgan fingerprint density at radius 2 is 1.70 bits per heavy atom. The van der Waals surface area contributed by atoms with Crippen LogP contribution in [-0.2, 0) is 30.3 Å². The summed E-state index contributed by atoms with van der Waals surface area (Å²) < 4.78 is 11.5. The molecule has 9 heteroatoms. The lowest BCUT2D eigenvalue weighted by Gasteiger charge is -2.69. The number of rotatable bonds is 14. The summed E-state index contributed by atoms with van der Waals surface area (Å²) in [6.07, 6.45) is 12.8. The summed E-state index contributed by atoms with van der Waals surface area (Å²) in [6, 6.07) is 7.02. The molecule has 6 rings (SSSR count). The number of aromatic hydroxyl groups is 1. The number of ether oxygens (including phenoxy) is 2. The maximum absolute atomic E-state index is 12.7. The smallest absolute Gasteiger partial charge is 0.331 e. The molecule has 9 nitrogen and oxygen atoms in total. The van der Waals surface area contributed by atoms with E-state index in [1.54, 1.807) is 18.2 Å². The third-order valence-corrected chi connectivity index (χ3v) is 14.5. The Morgan fingerprint density at radius 3 is 2.42 bits per heavy atom. The van der Waals surface area contributed by atoms with E-state index in [-0.39, 0.29) is 65.4 Å². The summed E-state index contributed by atoms with van der Waals surface area (Å²) in [5.41, 5.74) is -0.139. The van der Waals surface area contributed by atoms with Crippen LogP contribution in [0.5, 0.6) is 5.75 Å². The third-order valence-electron chi connectivity index (χ3n) is 14.5. The number of fused-ring (bicyclic) bond motifs is 5. The van der Waals surface area contributed by atoms with Crippen LogP contribution in [0.3, 0.4) is 0 Å². The zero-order valence-corrected chi connectivity index (χ0v) is 30.4. The molecular weight excluding hydrogens is 634 g/mol. The molecular formula is C41H59NO8. The lowest BCUT2D eigenvalue weighted by molar-refractivity contribution is -0.286. The Labute approximate surface area is 297 Å². The molecule has 50 heavy (non-hydrogen) atoms. The minimum Gasteiger partial charge on any atom is -0.508 e. The maximum Gasteiger partial charge on any atom is 0.331 e. The van der Waals surface area contributed by atoms with Gasteiger partial charge in [-0.25, -0.2) is 4.79 Å². The van der Waals surface area contributed by atoms with Gasteiger partial charge in [0.2, 0.25) is 5.91 Å². The van der Waals surface area contributed by atoms with Crippen LogP contribution in [0.2, 0.25) is 0 Å². The number of ketones is 1. The first-order chi connectivity index (χ1) is 23.8. The van der Waals surface area contributed by atoms with Crippen molar-refractivity contribution < 1.29 is 39.2 Å². The molecule has 0 aromatic heterocycles. The van der Waals surface area contributed by atoms with E-state index in [1.807, 2.05) is 12.1 Å². The molecule has 0 spiro atoms. The van der Waals surface area contributed by atoms with E-state index in [1.165, 1.54) is 0 Å². The summed E-state index contributed by atoms with van der Waals surface area (Å²) in [6.45, 7) is 7.69. The molecule has 0 bridgehead atoms. The third kappa shape index (κ3) is 6.79. The van der Waals surface area contributed by atoms with E-state index in [9.17, 15) is 29.7 Å². The van der Waals surface area contributed by atoms with E-state index in [0.717, 1.165) is 81.8 Å². The first kappa shape index (κ1) is 37.0. The fraction of sp³-hybridized carbons (Fsp3) is 0.732. The fourth-order valence-electron chi connectivity index (χ4n) is 11.4. The number of esters is 1. The number of amides is 1. The molecule has 1 aliphatic heterocycles. The van der Waals surface area contributed by atoms with Crippen molar-refractivity contribution in [2.75, 3.05) is 19.8 Å². The molecule has 4 N–H and O–H groups in total. The molecule has 0 saturated heterocycles. The van der Waals surface area contributed by atoms with Gasteiger partial charge in [-0.2, -0.15) is 0 Å². The molecule has 1 amide bonds. The Morgan fingerprint density at radius 1 is 0.960 bits per heavy atom. The van der Waals surface area contributed by atoms with E-state index in [2.05, 4.69) is 26.1 Å². The molecule has 1 heterocycles. The Hall–Kier alpha value is -2.75. The van der Waals surface area contributed by atoms with Gasteiger partial charge in [-0.3, -0.25) is 9.59 Å². The van der Waals surface area contributed by atoms with Crippen molar-refractivity contribution in [2.24, 2.45) is 34.0 Å². The van der Waals surface area contributed by atoms with Crippen LogP contribution < -0.4 is 5.32 Å². The van der Waals surface area contributed by atoms with Crippen molar-refractivity contribution in [3.63, 3.8) is 0 Å². The molecule has 276 valence electrons. The second kappa shape index (κ2) is 14.7. The average Bonchev–Trinajstić information content (AvgIpc) is 3.64. The summed E-state index contributed by atoms with van der Waals surface area (Å²) in [5, 5.41) is 36.9. The number of phenolic OH excluding ortho intramolecular Hbond substituents is 1. The van der Waals surface area contributed by atoms with E-state index in [4.69, 9.17) is 9.47 Å². The second-order valence-corrected chi connectivity index (χ2v) is 17.0. The number of aliphatic hydroxyl groups is 2. The Bertz CT molecular complexity index is 1440. The number of hydrogen-bond donors (Lipinski definition) is 4. The monoisotopic (exact) mass is 693 g/mol. The predicted octanol–water partition coefficient (Wildman–Crippen LogP) is 5.96. The van der Waals surface area contributed by atoms with Gasteiger partial charge in [-0.15, -0.1) is 0 Å².